The van der Waals surface area contributed by atoms with Crippen molar-refractivity contribution in [3.63, 3.8) is 0 Å². The number of aromatic nitrogens is 2. The van der Waals surface area contributed by atoms with Crippen molar-refractivity contribution in [3.05, 3.63) is 11.7 Å². The summed E-state index contributed by atoms with van der Waals surface area (Å²) in [5.41, 5.74) is 0. The van der Waals surface area contributed by atoms with E-state index in [4.69, 9.17) is 9.26 Å². The summed E-state index contributed by atoms with van der Waals surface area (Å²) in [6.07, 6.45) is -2.39. The van der Waals surface area contributed by atoms with E-state index >= 15 is 0 Å². The summed E-state index contributed by atoms with van der Waals surface area (Å²) in [5, 5.41) is 13.3. The first-order chi connectivity index (χ1) is 8.49. The lowest BCUT2D eigenvalue weighted by Crippen LogP contribution is -2.17. The van der Waals surface area contributed by atoms with Crippen LogP contribution in [0.1, 0.15) is 25.6 Å². The zero-order valence-electron chi connectivity index (χ0n) is 10.5. The van der Waals surface area contributed by atoms with E-state index < -0.39 is 19.1 Å². The highest BCUT2D eigenvalue weighted by atomic mass is 19.3. The van der Waals surface area contributed by atoms with Crippen molar-refractivity contribution in [1.82, 2.24) is 10.1 Å². The van der Waals surface area contributed by atoms with Gasteiger partial charge in [0, 0.05) is 6.42 Å². The second kappa shape index (κ2) is 7.38. The van der Waals surface area contributed by atoms with E-state index in [1.54, 1.807) is 0 Å². The molecule has 1 aromatic rings. The summed E-state index contributed by atoms with van der Waals surface area (Å²) in [4.78, 5) is 4.04. The molecule has 0 aliphatic heterocycles. The predicted octanol–water partition coefficient (Wildman–Crippen LogP) is 1.45. The highest BCUT2D eigenvalue weighted by molar-refractivity contribution is 4.88. The highest BCUT2D eigenvalue weighted by Crippen LogP contribution is 2.08. The smallest absolute Gasteiger partial charge is 0.261 e. The van der Waals surface area contributed by atoms with Gasteiger partial charge >= 0.3 is 0 Å². The number of aliphatic hydroxyl groups excluding tert-OH is 1. The Morgan fingerprint density at radius 3 is 2.72 bits per heavy atom. The molecule has 0 aliphatic rings. The quantitative estimate of drug-likeness (QED) is 0.720. The fourth-order valence-electron chi connectivity index (χ4n) is 1.23. The Labute approximate surface area is 104 Å². The molecule has 1 aromatic heterocycles. The number of ether oxygens (including phenoxy) is 1. The number of rotatable bonds is 8. The molecule has 1 atom stereocenters. The molecule has 1 N–H and O–H groups in total. The van der Waals surface area contributed by atoms with Gasteiger partial charge in [-0.2, -0.15) is 4.98 Å². The van der Waals surface area contributed by atoms with Gasteiger partial charge in [-0.1, -0.05) is 19.0 Å². The van der Waals surface area contributed by atoms with Crippen LogP contribution in [0.2, 0.25) is 0 Å². The van der Waals surface area contributed by atoms with Crippen LogP contribution in [0.25, 0.3) is 0 Å². The molecule has 0 aliphatic carbocycles. The van der Waals surface area contributed by atoms with Gasteiger partial charge in [-0.3, -0.25) is 0 Å². The second-order valence-electron chi connectivity index (χ2n) is 4.34. The minimum atomic E-state index is -2.47. The normalized spacial score (nSPS) is 13.5. The Bertz CT molecular complexity index is 345. The van der Waals surface area contributed by atoms with Crippen LogP contribution in [0, 0.1) is 5.92 Å². The summed E-state index contributed by atoms with van der Waals surface area (Å²) in [6, 6.07) is 0. The zero-order chi connectivity index (χ0) is 13.5. The van der Waals surface area contributed by atoms with Gasteiger partial charge in [0.25, 0.3) is 6.43 Å². The minimum absolute atomic E-state index is 0.106. The van der Waals surface area contributed by atoms with Crippen molar-refractivity contribution in [2.45, 2.75) is 39.2 Å². The van der Waals surface area contributed by atoms with Gasteiger partial charge in [0.15, 0.2) is 5.82 Å². The van der Waals surface area contributed by atoms with Crippen LogP contribution in [0.3, 0.4) is 0 Å². The molecule has 0 saturated heterocycles. The maximum absolute atomic E-state index is 11.8. The van der Waals surface area contributed by atoms with Crippen molar-refractivity contribution in [2.24, 2.45) is 5.92 Å². The van der Waals surface area contributed by atoms with Gasteiger partial charge in [-0.15, -0.1) is 0 Å². The Kier molecular flexibility index (Phi) is 6.14. The molecule has 104 valence electrons. The fraction of sp³-hybridized carbons (Fsp3) is 0.818. The van der Waals surface area contributed by atoms with E-state index in [0.29, 0.717) is 24.6 Å². The van der Waals surface area contributed by atoms with Gasteiger partial charge in [-0.25, -0.2) is 8.78 Å². The SMILES string of the molecule is CC(C)C(O)Cc1nc(CCOCC(F)F)no1. The average molecular weight is 264 g/mol. The first kappa shape index (κ1) is 15.0. The third-order valence-electron chi connectivity index (χ3n) is 2.38. The Balaban J connectivity index is 2.30. The monoisotopic (exact) mass is 264 g/mol. The van der Waals surface area contributed by atoms with Crippen molar-refractivity contribution < 1.29 is 23.1 Å². The van der Waals surface area contributed by atoms with Gasteiger partial charge in [-0.05, 0) is 5.92 Å². The second-order valence-corrected chi connectivity index (χ2v) is 4.34. The highest BCUT2D eigenvalue weighted by Gasteiger charge is 2.15. The number of halogens is 2. The van der Waals surface area contributed by atoms with Crippen LogP contribution in [0.4, 0.5) is 8.78 Å². The molecule has 1 unspecified atom stereocenters. The lowest BCUT2D eigenvalue weighted by Gasteiger charge is -2.10. The number of hydrogen-bond donors (Lipinski definition) is 1. The first-order valence-electron chi connectivity index (χ1n) is 5.84. The van der Waals surface area contributed by atoms with E-state index in [9.17, 15) is 13.9 Å². The van der Waals surface area contributed by atoms with Crippen LogP contribution in [0.5, 0.6) is 0 Å². The van der Waals surface area contributed by atoms with Gasteiger partial charge in [0.05, 0.1) is 19.1 Å². The Hall–Kier alpha value is -1.08. The molecule has 1 heterocycles. The van der Waals surface area contributed by atoms with Gasteiger partial charge in [0.2, 0.25) is 5.89 Å². The topological polar surface area (TPSA) is 68.4 Å². The molecule has 0 bridgehead atoms. The van der Waals surface area contributed by atoms with E-state index in [1.807, 2.05) is 13.8 Å². The molecule has 5 nitrogen and oxygen atoms in total. The van der Waals surface area contributed by atoms with Crippen LogP contribution < -0.4 is 0 Å². The molecule has 0 aromatic carbocycles. The molecule has 0 radical (unpaired) electrons. The third-order valence-corrected chi connectivity index (χ3v) is 2.38. The lowest BCUT2D eigenvalue weighted by molar-refractivity contribution is 0.0182. The summed E-state index contributed by atoms with van der Waals surface area (Å²) in [6.45, 7) is 3.31. The van der Waals surface area contributed by atoms with Gasteiger partial charge < -0.3 is 14.4 Å². The number of alkyl halides is 2. The summed E-state index contributed by atoms with van der Waals surface area (Å²) in [7, 11) is 0. The Morgan fingerprint density at radius 2 is 2.11 bits per heavy atom. The zero-order valence-corrected chi connectivity index (χ0v) is 10.5. The van der Waals surface area contributed by atoms with Crippen LogP contribution in [-0.4, -0.2) is 41.0 Å². The van der Waals surface area contributed by atoms with E-state index in [0.717, 1.165) is 0 Å². The average Bonchev–Trinajstić information content (AvgIpc) is 2.72. The maximum atomic E-state index is 11.8. The standard InChI is InChI=1S/C11H18F2N2O3/c1-7(2)8(16)5-11-14-10(15-18-11)3-4-17-6-9(12)13/h7-9,16H,3-6H2,1-2H3. The lowest BCUT2D eigenvalue weighted by atomic mass is 10.0. The Morgan fingerprint density at radius 1 is 1.39 bits per heavy atom. The van der Waals surface area contributed by atoms with E-state index in [-0.39, 0.29) is 12.5 Å². The van der Waals surface area contributed by atoms with E-state index in [2.05, 4.69) is 10.1 Å². The summed E-state index contributed by atoms with van der Waals surface area (Å²) < 4.78 is 33.2. The summed E-state index contributed by atoms with van der Waals surface area (Å²) >= 11 is 0. The van der Waals surface area contributed by atoms with Gasteiger partial charge in [0.1, 0.15) is 6.61 Å². The number of nitrogens with zero attached hydrogens (tertiary/aromatic N) is 2. The first-order valence-corrected chi connectivity index (χ1v) is 5.84. The van der Waals surface area contributed by atoms with Crippen LogP contribution in [-0.2, 0) is 17.6 Å². The molecule has 0 saturated carbocycles. The minimum Gasteiger partial charge on any atom is -0.392 e. The number of aliphatic hydroxyl groups is 1. The summed E-state index contributed by atoms with van der Waals surface area (Å²) in [5.74, 6) is 0.852. The van der Waals surface area contributed by atoms with Crippen molar-refractivity contribution in [2.75, 3.05) is 13.2 Å². The third kappa shape index (κ3) is 5.50. The van der Waals surface area contributed by atoms with E-state index in [1.165, 1.54) is 0 Å². The maximum Gasteiger partial charge on any atom is 0.261 e. The molecule has 0 amide bonds. The molecular weight excluding hydrogens is 246 g/mol. The predicted molar refractivity (Wildman–Crippen MR) is 59.4 cm³/mol. The van der Waals surface area contributed by atoms with Crippen molar-refractivity contribution in [3.8, 4) is 0 Å². The molecule has 0 spiro atoms. The van der Waals surface area contributed by atoms with Crippen molar-refractivity contribution >= 4 is 0 Å². The number of hydrogen-bond acceptors (Lipinski definition) is 5. The van der Waals surface area contributed by atoms with Crippen LogP contribution in [0.15, 0.2) is 4.52 Å². The van der Waals surface area contributed by atoms with Crippen LogP contribution >= 0.6 is 0 Å². The molecule has 18 heavy (non-hydrogen) atoms. The molecule has 1 rings (SSSR count). The largest absolute Gasteiger partial charge is 0.392 e. The molecule has 7 heteroatoms. The fourth-order valence-corrected chi connectivity index (χ4v) is 1.23. The van der Waals surface area contributed by atoms with Crippen molar-refractivity contribution in [1.29, 1.82) is 0 Å². The molecular formula is C11H18F2N2O3. The molecule has 0 fully saturated rings.